The topological polar surface area (TPSA) is 55.4 Å². The van der Waals surface area contributed by atoms with Gasteiger partial charge in [-0.15, -0.1) is 0 Å². The molecule has 1 atom stereocenters. The molecule has 0 spiro atoms. The average Bonchev–Trinajstić information content (AvgIpc) is 2.80. The lowest BCUT2D eigenvalue weighted by atomic mass is 9.68. The van der Waals surface area contributed by atoms with Crippen molar-refractivity contribution in [2.75, 3.05) is 7.11 Å². The molecule has 0 radical (unpaired) electrons. The molecule has 0 unspecified atom stereocenters. The van der Waals surface area contributed by atoms with Crippen LogP contribution in [-0.2, 0) is 19.7 Å². The molecule has 0 aliphatic heterocycles. The first-order valence-electron chi connectivity index (χ1n) is 10.6. The number of carbonyl (C=O) groups excluding carboxylic acids is 2. The van der Waals surface area contributed by atoms with Gasteiger partial charge in [-0.05, 0) is 29.0 Å². The number of nitrogens with one attached hydrogen (secondary N) is 1. The summed E-state index contributed by atoms with van der Waals surface area (Å²) in [5, 5.41) is 3.02. The number of ether oxygens (including phenoxy) is 1. The number of carbonyl (C=O) groups is 2. The molecule has 31 heavy (non-hydrogen) atoms. The summed E-state index contributed by atoms with van der Waals surface area (Å²) in [6.07, 6.45) is 0.493. The Morgan fingerprint density at radius 2 is 1.16 bits per heavy atom. The van der Waals surface area contributed by atoms with Crippen molar-refractivity contribution in [2.24, 2.45) is 5.92 Å². The van der Waals surface area contributed by atoms with E-state index >= 15 is 0 Å². The summed E-state index contributed by atoms with van der Waals surface area (Å²) >= 11 is 0. The maximum absolute atomic E-state index is 14.2. The number of amides is 1. The van der Waals surface area contributed by atoms with E-state index in [9.17, 15) is 9.59 Å². The van der Waals surface area contributed by atoms with Crippen molar-refractivity contribution in [1.29, 1.82) is 0 Å². The van der Waals surface area contributed by atoms with E-state index in [1.807, 2.05) is 105 Å². The maximum Gasteiger partial charge on any atom is 0.328 e. The Labute approximate surface area is 184 Å². The standard InChI is InChI=1S/C27H29NO3/c1-20(2)19-24(25(29)31-3)28-26(30)27(21-13-7-4-8-14-21,22-15-9-5-10-16-22)23-17-11-6-12-18-23/h4-18,20,24H,19H2,1-3H3,(H,28,30)/t24-/m1/s1. The van der Waals surface area contributed by atoms with Gasteiger partial charge in [-0.1, -0.05) is 105 Å². The smallest absolute Gasteiger partial charge is 0.328 e. The minimum absolute atomic E-state index is 0.212. The SMILES string of the molecule is COC(=O)[C@@H](CC(C)C)NC(=O)C(c1ccccc1)(c1ccccc1)c1ccccc1. The second kappa shape index (κ2) is 10.1. The van der Waals surface area contributed by atoms with Crippen LogP contribution in [0.5, 0.6) is 0 Å². The van der Waals surface area contributed by atoms with Crippen LogP contribution in [0, 0.1) is 5.92 Å². The van der Waals surface area contributed by atoms with Gasteiger partial charge >= 0.3 is 5.97 Å². The molecule has 1 N–H and O–H groups in total. The van der Waals surface area contributed by atoms with Gasteiger partial charge in [-0.25, -0.2) is 4.79 Å². The van der Waals surface area contributed by atoms with Crippen molar-refractivity contribution < 1.29 is 14.3 Å². The fourth-order valence-corrected chi connectivity index (χ4v) is 4.05. The summed E-state index contributed by atoms with van der Waals surface area (Å²) in [5.41, 5.74) is 1.38. The molecule has 3 aromatic carbocycles. The number of hydrogen-bond donors (Lipinski definition) is 1. The van der Waals surface area contributed by atoms with Gasteiger partial charge in [-0.2, -0.15) is 0 Å². The first-order valence-corrected chi connectivity index (χ1v) is 10.6. The van der Waals surface area contributed by atoms with Crippen LogP contribution >= 0.6 is 0 Å². The highest BCUT2D eigenvalue weighted by Crippen LogP contribution is 2.39. The van der Waals surface area contributed by atoms with Gasteiger partial charge in [0.2, 0.25) is 5.91 Å². The van der Waals surface area contributed by atoms with Crippen molar-refractivity contribution in [1.82, 2.24) is 5.32 Å². The van der Waals surface area contributed by atoms with Crippen molar-refractivity contribution in [3.63, 3.8) is 0 Å². The van der Waals surface area contributed by atoms with Gasteiger partial charge in [0, 0.05) is 0 Å². The molecule has 0 aromatic heterocycles. The molecule has 0 aliphatic rings. The van der Waals surface area contributed by atoms with Crippen LogP contribution in [0.1, 0.15) is 37.0 Å². The van der Waals surface area contributed by atoms with Crippen LogP contribution in [0.25, 0.3) is 0 Å². The van der Waals surface area contributed by atoms with Crippen LogP contribution < -0.4 is 5.32 Å². The molecule has 0 aliphatic carbocycles. The van der Waals surface area contributed by atoms with Crippen molar-refractivity contribution in [3.05, 3.63) is 108 Å². The van der Waals surface area contributed by atoms with Gasteiger partial charge in [0.15, 0.2) is 0 Å². The van der Waals surface area contributed by atoms with E-state index in [2.05, 4.69) is 5.32 Å². The van der Waals surface area contributed by atoms with E-state index in [1.165, 1.54) is 7.11 Å². The van der Waals surface area contributed by atoms with Gasteiger partial charge < -0.3 is 10.1 Å². The fraction of sp³-hybridized carbons (Fsp3) is 0.259. The molecule has 3 rings (SSSR count). The minimum atomic E-state index is -1.12. The molecule has 1 amide bonds. The predicted molar refractivity (Wildman–Crippen MR) is 123 cm³/mol. The second-order valence-corrected chi connectivity index (χ2v) is 8.03. The lowest BCUT2D eigenvalue weighted by Crippen LogP contribution is -2.52. The lowest BCUT2D eigenvalue weighted by molar-refractivity contribution is -0.146. The summed E-state index contributed by atoms with van der Waals surface area (Å²) < 4.78 is 4.99. The Morgan fingerprint density at radius 1 is 0.774 bits per heavy atom. The minimum Gasteiger partial charge on any atom is -0.467 e. The van der Waals surface area contributed by atoms with E-state index in [4.69, 9.17) is 4.74 Å². The molecule has 0 bridgehead atoms. The van der Waals surface area contributed by atoms with Gasteiger partial charge in [0.1, 0.15) is 11.5 Å². The molecule has 3 aromatic rings. The van der Waals surface area contributed by atoms with Gasteiger partial charge in [0.25, 0.3) is 0 Å². The van der Waals surface area contributed by atoms with E-state index in [0.29, 0.717) is 6.42 Å². The van der Waals surface area contributed by atoms with Gasteiger partial charge in [0.05, 0.1) is 7.11 Å². The van der Waals surface area contributed by atoms with Gasteiger partial charge in [-0.3, -0.25) is 4.79 Å². The second-order valence-electron chi connectivity index (χ2n) is 8.03. The predicted octanol–water partition coefficient (Wildman–Crippen LogP) is 4.72. The Kier molecular flexibility index (Phi) is 7.24. The zero-order chi connectivity index (χ0) is 22.3. The highest BCUT2D eigenvalue weighted by atomic mass is 16.5. The molecule has 4 heteroatoms. The zero-order valence-corrected chi connectivity index (χ0v) is 18.2. The van der Waals surface area contributed by atoms with Crippen LogP contribution in [0.15, 0.2) is 91.0 Å². The molecule has 4 nitrogen and oxygen atoms in total. The molecule has 160 valence electrons. The van der Waals surface area contributed by atoms with E-state index in [-0.39, 0.29) is 11.8 Å². The van der Waals surface area contributed by atoms with Crippen LogP contribution in [0.2, 0.25) is 0 Å². The first kappa shape index (κ1) is 22.3. The van der Waals surface area contributed by atoms with E-state index in [0.717, 1.165) is 16.7 Å². The monoisotopic (exact) mass is 415 g/mol. The number of methoxy groups -OCH3 is 1. The maximum atomic E-state index is 14.2. The summed E-state index contributed by atoms with van der Waals surface area (Å²) in [7, 11) is 1.35. The van der Waals surface area contributed by atoms with Crippen molar-refractivity contribution >= 4 is 11.9 Å². The summed E-state index contributed by atoms with van der Waals surface area (Å²) in [4.78, 5) is 26.6. The number of rotatable bonds is 8. The lowest BCUT2D eigenvalue weighted by Gasteiger charge is -2.35. The molecule has 0 saturated heterocycles. The zero-order valence-electron chi connectivity index (χ0n) is 18.2. The normalized spacial score (nSPS) is 12.3. The van der Waals surface area contributed by atoms with E-state index < -0.39 is 17.4 Å². The third-order valence-electron chi connectivity index (χ3n) is 5.46. The molecule has 0 heterocycles. The Bertz CT molecular complexity index is 888. The van der Waals surface area contributed by atoms with Crippen molar-refractivity contribution in [3.8, 4) is 0 Å². The van der Waals surface area contributed by atoms with E-state index in [1.54, 1.807) is 0 Å². The van der Waals surface area contributed by atoms with Crippen molar-refractivity contribution in [2.45, 2.75) is 31.7 Å². The number of esters is 1. The van der Waals surface area contributed by atoms with Crippen LogP contribution in [0.4, 0.5) is 0 Å². The van der Waals surface area contributed by atoms with Crippen LogP contribution in [-0.4, -0.2) is 25.0 Å². The number of hydrogen-bond acceptors (Lipinski definition) is 3. The molecule has 0 fully saturated rings. The largest absolute Gasteiger partial charge is 0.467 e. The Morgan fingerprint density at radius 3 is 1.48 bits per heavy atom. The third-order valence-corrected chi connectivity index (χ3v) is 5.46. The first-order chi connectivity index (χ1) is 15.0. The number of benzene rings is 3. The summed E-state index contributed by atoms with van der Waals surface area (Å²) in [5.74, 6) is -0.485. The highest BCUT2D eigenvalue weighted by molar-refractivity contribution is 5.98. The average molecular weight is 416 g/mol. The summed E-state index contributed by atoms with van der Waals surface area (Å²) in [6.45, 7) is 4.03. The summed E-state index contributed by atoms with van der Waals surface area (Å²) in [6, 6.07) is 28.3. The molecular weight excluding hydrogens is 386 g/mol. The fourth-order valence-electron chi connectivity index (χ4n) is 4.05. The third kappa shape index (κ3) is 4.69. The van der Waals surface area contributed by atoms with Crippen LogP contribution in [0.3, 0.4) is 0 Å². The molecular formula is C27H29NO3. The Balaban J connectivity index is 2.22. The molecule has 0 saturated carbocycles. The Hall–Kier alpha value is -3.40. The highest BCUT2D eigenvalue weighted by Gasteiger charge is 2.45. The quantitative estimate of drug-likeness (QED) is 0.428.